The van der Waals surface area contributed by atoms with Crippen LogP contribution in [0.4, 0.5) is 0 Å². The first-order valence-corrected chi connectivity index (χ1v) is 6.61. The van der Waals surface area contributed by atoms with Crippen LogP contribution in [-0.2, 0) is 4.79 Å². The largest absolute Gasteiger partial charge is 0.335 e. The van der Waals surface area contributed by atoms with Gasteiger partial charge < -0.3 is 15.5 Å². The Hall–Kier alpha value is -0.610. The van der Waals surface area contributed by atoms with Gasteiger partial charge in [-0.3, -0.25) is 4.79 Å². The van der Waals surface area contributed by atoms with E-state index >= 15 is 0 Å². The van der Waals surface area contributed by atoms with E-state index in [0.717, 1.165) is 19.5 Å². The molecule has 100 valence electrons. The van der Waals surface area contributed by atoms with Gasteiger partial charge in [0.1, 0.15) is 0 Å². The standard InChI is InChI=1S/C13H27N3O/c1-9(2)12(14)13(17)16(10(3)4)11-6-7-15(5)8-11/h9-12H,6-8,14H2,1-5H3. The van der Waals surface area contributed by atoms with Crippen molar-refractivity contribution in [2.24, 2.45) is 11.7 Å². The Balaban J connectivity index is 2.75. The smallest absolute Gasteiger partial charge is 0.240 e. The lowest BCUT2D eigenvalue weighted by Gasteiger charge is -2.35. The van der Waals surface area contributed by atoms with Crippen LogP contribution in [0.1, 0.15) is 34.1 Å². The lowest BCUT2D eigenvalue weighted by molar-refractivity contribution is -0.137. The predicted molar refractivity (Wildman–Crippen MR) is 70.7 cm³/mol. The van der Waals surface area contributed by atoms with Gasteiger partial charge in [-0.25, -0.2) is 0 Å². The summed E-state index contributed by atoms with van der Waals surface area (Å²) in [4.78, 5) is 16.7. The molecule has 4 nitrogen and oxygen atoms in total. The molecule has 0 saturated carbocycles. The van der Waals surface area contributed by atoms with Crippen molar-refractivity contribution in [3.8, 4) is 0 Å². The van der Waals surface area contributed by atoms with E-state index in [1.807, 2.05) is 18.7 Å². The molecule has 0 aromatic heterocycles. The SMILES string of the molecule is CC(C)C(N)C(=O)N(C(C)C)C1CCN(C)C1. The number of nitrogens with zero attached hydrogens (tertiary/aromatic N) is 2. The Labute approximate surface area is 105 Å². The van der Waals surface area contributed by atoms with Gasteiger partial charge >= 0.3 is 0 Å². The van der Waals surface area contributed by atoms with E-state index < -0.39 is 0 Å². The second-order valence-electron chi connectivity index (χ2n) is 5.81. The fraction of sp³-hybridized carbons (Fsp3) is 0.923. The fourth-order valence-corrected chi connectivity index (χ4v) is 2.45. The maximum absolute atomic E-state index is 12.4. The van der Waals surface area contributed by atoms with Crippen molar-refractivity contribution in [3.05, 3.63) is 0 Å². The molecule has 1 aliphatic heterocycles. The average Bonchev–Trinajstić information content (AvgIpc) is 2.62. The number of rotatable bonds is 4. The number of carbonyl (C=O) groups excluding carboxylic acids is 1. The Kier molecular flexibility index (Phi) is 4.95. The summed E-state index contributed by atoms with van der Waals surface area (Å²) in [5, 5.41) is 0. The molecule has 1 heterocycles. The van der Waals surface area contributed by atoms with Crippen molar-refractivity contribution in [3.63, 3.8) is 0 Å². The van der Waals surface area contributed by atoms with Gasteiger partial charge in [-0.05, 0) is 39.8 Å². The summed E-state index contributed by atoms with van der Waals surface area (Å²) in [5.74, 6) is 0.304. The Morgan fingerprint density at radius 2 is 1.94 bits per heavy atom. The highest BCUT2D eigenvalue weighted by molar-refractivity contribution is 5.82. The summed E-state index contributed by atoms with van der Waals surface area (Å²) in [6.07, 6.45) is 1.06. The van der Waals surface area contributed by atoms with Gasteiger partial charge in [-0.2, -0.15) is 0 Å². The third-order valence-corrected chi connectivity index (χ3v) is 3.57. The highest BCUT2D eigenvalue weighted by atomic mass is 16.2. The molecule has 2 N–H and O–H groups in total. The first kappa shape index (κ1) is 14.5. The summed E-state index contributed by atoms with van der Waals surface area (Å²) in [7, 11) is 2.10. The molecule has 1 saturated heterocycles. The van der Waals surface area contributed by atoms with Gasteiger partial charge in [0, 0.05) is 18.6 Å². The van der Waals surface area contributed by atoms with Crippen molar-refractivity contribution >= 4 is 5.91 Å². The molecule has 0 bridgehead atoms. The van der Waals surface area contributed by atoms with Crippen LogP contribution in [-0.4, -0.2) is 54.0 Å². The molecule has 4 heteroatoms. The van der Waals surface area contributed by atoms with E-state index in [1.54, 1.807) is 0 Å². The van der Waals surface area contributed by atoms with Gasteiger partial charge in [-0.1, -0.05) is 13.8 Å². The van der Waals surface area contributed by atoms with Crippen LogP contribution in [0.3, 0.4) is 0 Å². The molecule has 0 aromatic carbocycles. The van der Waals surface area contributed by atoms with Crippen LogP contribution in [0.25, 0.3) is 0 Å². The Morgan fingerprint density at radius 1 is 1.35 bits per heavy atom. The molecule has 0 aliphatic carbocycles. The third-order valence-electron chi connectivity index (χ3n) is 3.57. The highest BCUT2D eigenvalue weighted by Gasteiger charge is 2.34. The van der Waals surface area contributed by atoms with E-state index in [2.05, 4.69) is 25.8 Å². The number of carbonyl (C=O) groups is 1. The molecule has 1 aliphatic rings. The zero-order chi connectivity index (χ0) is 13.2. The summed E-state index contributed by atoms with van der Waals surface area (Å²) >= 11 is 0. The number of hydrogen-bond donors (Lipinski definition) is 1. The molecule has 2 unspecified atom stereocenters. The Morgan fingerprint density at radius 3 is 2.29 bits per heavy atom. The minimum absolute atomic E-state index is 0.107. The Bertz CT molecular complexity index is 265. The van der Waals surface area contributed by atoms with Crippen molar-refractivity contribution in [2.75, 3.05) is 20.1 Å². The summed E-state index contributed by atoms with van der Waals surface area (Å²) in [6, 6.07) is 0.185. The molecule has 2 atom stereocenters. The fourth-order valence-electron chi connectivity index (χ4n) is 2.45. The maximum atomic E-state index is 12.4. The minimum Gasteiger partial charge on any atom is -0.335 e. The molecule has 1 fully saturated rings. The second kappa shape index (κ2) is 5.83. The average molecular weight is 241 g/mol. The van der Waals surface area contributed by atoms with Crippen LogP contribution in [0, 0.1) is 5.92 Å². The van der Waals surface area contributed by atoms with E-state index in [4.69, 9.17) is 5.73 Å². The molecular weight excluding hydrogens is 214 g/mol. The van der Waals surface area contributed by atoms with Gasteiger partial charge in [0.25, 0.3) is 0 Å². The molecule has 17 heavy (non-hydrogen) atoms. The number of likely N-dealkylation sites (tertiary alicyclic amines) is 1. The van der Waals surface area contributed by atoms with Crippen LogP contribution >= 0.6 is 0 Å². The van der Waals surface area contributed by atoms with E-state index in [-0.39, 0.29) is 23.9 Å². The van der Waals surface area contributed by atoms with Gasteiger partial charge in [0.05, 0.1) is 6.04 Å². The molecule has 1 rings (SSSR count). The number of likely N-dealkylation sites (N-methyl/N-ethyl adjacent to an activating group) is 1. The summed E-state index contributed by atoms with van der Waals surface area (Å²) < 4.78 is 0. The first-order chi connectivity index (χ1) is 7.84. The van der Waals surface area contributed by atoms with Crippen molar-refractivity contribution in [1.82, 2.24) is 9.80 Å². The topological polar surface area (TPSA) is 49.6 Å². The predicted octanol–water partition coefficient (Wildman–Crippen LogP) is 0.911. The maximum Gasteiger partial charge on any atom is 0.240 e. The highest BCUT2D eigenvalue weighted by Crippen LogP contribution is 2.19. The molecular formula is C13H27N3O. The lowest BCUT2D eigenvalue weighted by atomic mass is 10.0. The van der Waals surface area contributed by atoms with Crippen LogP contribution in [0.5, 0.6) is 0 Å². The van der Waals surface area contributed by atoms with E-state index in [1.165, 1.54) is 0 Å². The van der Waals surface area contributed by atoms with Crippen molar-refractivity contribution in [1.29, 1.82) is 0 Å². The molecule has 1 amide bonds. The zero-order valence-electron chi connectivity index (χ0n) is 11.8. The third kappa shape index (κ3) is 3.42. The summed E-state index contributed by atoms with van der Waals surface area (Å²) in [5.41, 5.74) is 6.00. The van der Waals surface area contributed by atoms with Crippen molar-refractivity contribution in [2.45, 2.75) is 52.2 Å². The van der Waals surface area contributed by atoms with E-state index in [9.17, 15) is 4.79 Å². The molecule has 0 aromatic rings. The van der Waals surface area contributed by atoms with Gasteiger partial charge in [0.15, 0.2) is 0 Å². The van der Waals surface area contributed by atoms with Crippen LogP contribution in [0.2, 0.25) is 0 Å². The van der Waals surface area contributed by atoms with Crippen LogP contribution < -0.4 is 5.73 Å². The minimum atomic E-state index is -0.372. The van der Waals surface area contributed by atoms with Gasteiger partial charge in [0.2, 0.25) is 5.91 Å². The van der Waals surface area contributed by atoms with Gasteiger partial charge in [-0.15, -0.1) is 0 Å². The monoisotopic (exact) mass is 241 g/mol. The normalized spacial score (nSPS) is 23.4. The number of hydrogen-bond acceptors (Lipinski definition) is 3. The molecule has 0 spiro atoms. The number of nitrogens with two attached hydrogens (primary N) is 1. The quantitative estimate of drug-likeness (QED) is 0.796. The zero-order valence-corrected chi connectivity index (χ0v) is 11.8. The summed E-state index contributed by atoms with van der Waals surface area (Å²) in [6.45, 7) is 10.2. The van der Waals surface area contributed by atoms with Crippen LogP contribution in [0.15, 0.2) is 0 Å². The lowest BCUT2D eigenvalue weighted by Crippen LogP contribution is -2.54. The number of amides is 1. The molecule has 0 radical (unpaired) electrons. The van der Waals surface area contributed by atoms with Crippen molar-refractivity contribution < 1.29 is 4.79 Å². The first-order valence-electron chi connectivity index (χ1n) is 6.61. The second-order valence-corrected chi connectivity index (χ2v) is 5.81. The van der Waals surface area contributed by atoms with E-state index in [0.29, 0.717) is 6.04 Å².